The largest absolute Gasteiger partial charge is 0.497 e. The second kappa shape index (κ2) is 9.49. The van der Waals surface area contributed by atoms with Gasteiger partial charge in [0.15, 0.2) is 0 Å². The van der Waals surface area contributed by atoms with Gasteiger partial charge in [-0.2, -0.15) is 10.2 Å². The Balaban J connectivity index is 1.46. The van der Waals surface area contributed by atoms with Gasteiger partial charge in [0.2, 0.25) is 0 Å². The summed E-state index contributed by atoms with van der Waals surface area (Å²) in [4.78, 5) is 12.5. The van der Waals surface area contributed by atoms with Crippen LogP contribution >= 0.6 is 0 Å². The summed E-state index contributed by atoms with van der Waals surface area (Å²) in [6, 6.07) is 12.8. The third-order valence-corrected chi connectivity index (χ3v) is 4.60. The van der Waals surface area contributed by atoms with Crippen molar-refractivity contribution in [2.45, 2.75) is 13.2 Å². The first-order chi connectivity index (χ1) is 15.2. The van der Waals surface area contributed by atoms with Crippen molar-refractivity contribution in [3.8, 4) is 22.6 Å². The van der Waals surface area contributed by atoms with Gasteiger partial charge < -0.3 is 20.1 Å². The molecule has 31 heavy (non-hydrogen) atoms. The van der Waals surface area contributed by atoms with E-state index in [0.717, 1.165) is 28.0 Å². The fourth-order valence-corrected chi connectivity index (χ4v) is 2.98. The highest BCUT2D eigenvalue weighted by atomic mass is 16.5. The van der Waals surface area contributed by atoms with Crippen LogP contribution in [-0.4, -0.2) is 33.5 Å². The van der Waals surface area contributed by atoms with Crippen molar-refractivity contribution in [1.29, 1.82) is 0 Å². The summed E-state index contributed by atoms with van der Waals surface area (Å²) in [5.74, 6) is 1.28. The van der Waals surface area contributed by atoms with Crippen LogP contribution in [0.25, 0.3) is 11.1 Å². The highest BCUT2D eigenvalue weighted by Gasteiger charge is 2.11. The van der Waals surface area contributed by atoms with E-state index in [1.165, 1.54) is 0 Å². The summed E-state index contributed by atoms with van der Waals surface area (Å²) in [7, 11) is 1.61. The molecule has 2 aromatic carbocycles. The first kappa shape index (κ1) is 20.0. The van der Waals surface area contributed by atoms with E-state index in [2.05, 4.69) is 31.0 Å². The normalized spacial score (nSPS) is 10.5. The van der Waals surface area contributed by atoms with Gasteiger partial charge in [0, 0.05) is 30.1 Å². The van der Waals surface area contributed by atoms with Crippen molar-refractivity contribution >= 4 is 11.7 Å². The van der Waals surface area contributed by atoms with Gasteiger partial charge in [0.25, 0.3) is 0 Å². The Labute approximate surface area is 178 Å². The predicted octanol–water partition coefficient (Wildman–Crippen LogP) is 3.71. The van der Waals surface area contributed by atoms with Crippen molar-refractivity contribution in [2.75, 3.05) is 12.4 Å². The predicted molar refractivity (Wildman–Crippen MR) is 116 cm³/mol. The number of carbonyl (C=O) groups is 1. The average Bonchev–Trinajstić information content (AvgIpc) is 3.51. The van der Waals surface area contributed by atoms with Crippen LogP contribution in [-0.2, 0) is 13.2 Å². The van der Waals surface area contributed by atoms with Crippen molar-refractivity contribution < 1.29 is 14.3 Å². The molecule has 4 N–H and O–H groups in total. The minimum absolute atomic E-state index is 0.311. The number of hydrogen-bond donors (Lipinski definition) is 4. The van der Waals surface area contributed by atoms with Crippen LogP contribution in [0.1, 0.15) is 11.1 Å². The molecule has 0 saturated carbocycles. The molecule has 4 rings (SSSR count). The highest BCUT2D eigenvalue weighted by Crippen LogP contribution is 2.31. The number of H-pyrrole nitrogens is 2. The van der Waals surface area contributed by atoms with Crippen molar-refractivity contribution in [3.05, 3.63) is 78.4 Å². The first-order valence-corrected chi connectivity index (χ1v) is 9.63. The summed E-state index contributed by atoms with van der Waals surface area (Å²) < 4.78 is 11.2. The Bertz CT molecular complexity index is 1130. The topological polar surface area (TPSA) is 117 Å². The minimum atomic E-state index is -0.341. The van der Waals surface area contributed by atoms with Gasteiger partial charge in [-0.05, 0) is 35.4 Å². The number of nitrogens with one attached hydrogen (secondary N) is 4. The van der Waals surface area contributed by atoms with E-state index >= 15 is 0 Å². The Morgan fingerprint density at radius 2 is 1.87 bits per heavy atom. The SMILES string of the molecule is COc1cccc(CNC(=O)Nc2ccc(-c3cn[nH]c3)cc2OCc2cn[nH]c2)c1. The smallest absolute Gasteiger partial charge is 0.319 e. The van der Waals surface area contributed by atoms with Crippen LogP contribution in [0.15, 0.2) is 67.3 Å². The molecule has 0 fully saturated rings. The van der Waals surface area contributed by atoms with E-state index in [1.807, 2.05) is 36.4 Å². The number of nitrogens with zero attached hydrogens (tertiary/aromatic N) is 2. The molecule has 0 aliphatic carbocycles. The molecule has 0 spiro atoms. The fourth-order valence-electron chi connectivity index (χ4n) is 2.98. The van der Waals surface area contributed by atoms with E-state index in [1.54, 1.807) is 38.0 Å². The quantitative estimate of drug-likeness (QED) is 0.348. The first-order valence-electron chi connectivity index (χ1n) is 9.63. The van der Waals surface area contributed by atoms with E-state index in [-0.39, 0.29) is 6.03 Å². The molecule has 0 atom stereocenters. The van der Waals surface area contributed by atoms with Gasteiger partial charge in [-0.3, -0.25) is 10.2 Å². The van der Waals surface area contributed by atoms with Gasteiger partial charge in [0.05, 0.1) is 25.2 Å². The van der Waals surface area contributed by atoms with Crippen LogP contribution in [0, 0.1) is 0 Å². The number of benzene rings is 2. The molecule has 0 radical (unpaired) electrons. The van der Waals surface area contributed by atoms with Crippen LogP contribution in [0.5, 0.6) is 11.5 Å². The monoisotopic (exact) mass is 418 g/mol. The van der Waals surface area contributed by atoms with Crippen LogP contribution in [0.2, 0.25) is 0 Å². The molecule has 0 aliphatic heterocycles. The van der Waals surface area contributed by atoms with E-state index < -0.39 is 0 Å². The summed E-state index contributed by atoms with van der Waals surface area (Å²) in [6.07, 6.45) is 6.97. The number of carbonyl (C=O) groups excluding carboxylic acids is 1. The van der Waals surface area contributed by atoms with E-state index in [9.17, 15) is 4.79 Å². The van der Waals surface area contributed by atoms with Gasteiger partial charge in [-0.1, -0.05) is 18.2 Å². The zero-order chi connectivity index (χ0) is 21.5. The minimum Gasteiger partial charge on any atom is -0.497 e. The van der Waals surface area contributed by atoms with Gasteiger partial charge in [-0.15, -0.1) is 0 Å². The van der Waals surface area contributed by atoms with Gasteiger partial charge in [0.1, 0.15) is 18.1 Å². The lowest BCUT2D eigenvalue weighted by Gasteiger charge is -2.14. The number of ether oxygens (including phenoxy) is 2. The molecule has 9 nitrogen and oxygen atoms in total. The number of aromatic nitrogens is 4. The number of amides is 2. The lowest BCUT2D eigenvalue weighted by Crippen LogP contribution is -2.28. The molecule has 4 aromatic rings. The number of anilines is 1. The average molecular weight is 418 g/mol. The standard InChI is InChI=1S/C22H22N6O3/c1-30-19-4-2-3-15(7-19)9-23-22(29)28-20-6-5-17(18-12-26-27-13-18)8-21(20)31-14-16-10-24-25-11-16/h2-8,10-13H,9,14H2,1H3,(H,24,25)(H,26,27)(H2,23,28,29). The van der Waals surface area contributed by atoms with Crippen molar-refractivity contribution in [2.24, 2.45) is 0 Å². The number of hydrogen-bond acceptors (Lipinski definition) is 5. The number of urea groups is 1. The van der Waals surface area contributed by atoms with Crippen molar-refractivity contribution in [3.63, 3.8) is 0 Å². The van der Waals surface area contributed by atoms with E-state index in [4.69, 9.17) is 9.47 Å². The summed E-state index contributed by atoms with van der Waals surface area (Å²) in [5, 5.41) is 19.2. The van der Waals surface area contributed by atoms with Crippen molar-refractivity contribution in [1.82, 2.24) is 25.7 Å². The number of rotatable bonds is 8. The zero-order valence-electron chi connectivity index (χ0n) is 16.9. The maximum absolute atomic E-state index is 12.5. The summed E-state index contributed by atoms with van der Waals surface area (Å²) in [6.45, 7) is 0.673. The fraction of sp³-hybridized carbons (Fsp3) is 0.136. The Morgan fingerprint density at radius 3 is 2.65 bits per heavy atom. The zero-order valence-corrected chi connectivity index (χ0v) is 16.9. The number of methoxy groups -OCH3 is 1. The second-order valence-corrected chi connectivity index (χ2v) is 6.75. The lowest BCUT2D eigenvalue weighted by molar-refractivity contribution is 0.251. The molecule has 2 amide bonds. The molecular formula is C22H22N6O3. The lowest BCUT2D eigenvalue weighted by atomic mass is 10.1. The third kappa shape index (κ3) is 5.21. The maximum atomic E-state index is 12.5. The molecule has 0 bridgehead atoms. The Morgan fingerprint density at radius 1 is 1.00 bits per heavy atom. The molecular weight excluding hydrogens is 396 g/mol. The molecule has 9 heteroatoms. The molecule has 158 valence electrons. The maximum Gasteiger partial charge on any atom is 0.319 e. The highest BCUT2D eigenvalue weighted by molar-refractivity contribution is 5.91. The third-order valence-electron chi connectivity index (χ3n) is 4.60. The van der Waals surface area contributed by atoms with Crippen LogP contribution in [0.4, 0.5) is 10.5 Å². The summed E-state index contributed by atoms with van der Waals surface area (Å²) in [5.41, 5.74) is 4.21. The molecule has 0 aliphatic rings. The second-order valence-electron chi connectivity index (χ2n) is 6.75. The van der Waals surface area contributed by atoms with E-state index in [0.29, 0.717) is 24.6 Å². The Kier molecular flexibility index (Phi) is 6.13. The Hall–Kier alpha value is -4.27. The summed E-state index contributed by atoms with van der Waals surface area (Å²) >= 11 is 0. The molecule has 2 heterocycles. The molecule has 2 aromatic heterocycles. The van der Waals surface area contributed by atoms with Gasteiger partial charge in [-0.25, -0.2) is 4.79 Å². The molecule has 0 saturated heterocycles. The van der Waals surface area contributed by atoms with Crippen LogP contribution in [0.3, 0.4) is 0 Å². The van der Waals surface area contributed by atoms with Crippen LogP contribution < -0.4 is 20.1 Å². The number of aromatic amines is 2. The molecule has 0 unspecified atom stereocenters. The van der Waals surface area contributed by atoms with Gasteiger partial charge >= 0.3 is 6.03 Å².